The molecule has 0 heterocycles. The number of benzene rings is 6. The molecule has 6 aromatic carbocycles. The van der Waals surface area contributed by atoms with Crippen LogP contribution in [0.1, 0.15) is 25.0 Å². The number of aromatic hydroxyl groups is 10. The minimum absolute atomic E-state index is 0.112. The fourth-order valence-corrected chi connectivity index (χ4v) is 6.75. The van der Waals surface area contributed by atoms with Gasteiger partial charge >= 0.3 is 0 Å². The summed E-state index contributed by atoms with van der Waals surface area (Å²) < 4.78 is 0. The van der Waals surface area contributed by atoms with E-state index in [9.17, 15) is 51.1 Å². The number of hydrogen-bond donors (Lipinski definition) is 10. The third-order valence-electron chi connectivity index (χ3n) is 8.97. The Morgan fingerprint density at radius 3 is 1.20 bits per heavy atom. The highest BCUT2D eigenvalue weighted by molar-refractivity contribution is 6.24. The second kappa shape index (κ2) is 8.93. The van der Waals surface area contributed by atoms with Crippen molar-refractivity contribution in [1.29, 1.82) is 0 Å². The van der Waals surface area contributed by atoms with E-state index in [0.717, 1.165) is 22.3 Å². The molecule has 1 aliphatic rings. The largest absolute Gasteiger partial charge is 0.504 e. The van der Waals surface area contributed by atoms with E-state index in [4.69, 9.17) is 0 Å². The van der Waals surface area contributed by atoms with Gasteiger partial charge in [0.1, 0.15) is 0 Å². The number of phenols is 10. The van der Waals surface area contributed by atoms with Crippen molar-refractivity contribution in [3.8, 4) is 90.9 Å². The van der Waals surface area contributed by atoms with Gasteiger partial charge in [0.25, 0.3) is 0 Å². The van der Waals surface area contributed by atoms with Crippen LogP contribution in [0.3, 0.4) is 0 Å². The van der Waals surface area contributed by atoms with Gasteiger partial charge in [-0.1, -0.05) is 62.4 Å². The Bertz CT molecular complexity index is 2240. The van der Waals surface area contributed by atoms with Crippen LogP contribution in [0.5, 0.6) is 57.5 Å². The van der Waals surface area contributed by atoms with Crippen LogP contribution in [0.25, 0.3) is 54.9 Å². The molecular weight excluding hydrogens is 580 g/mol. The molecule has 6 aromatic rings. The van der Waals surface area contributed by atoms with Gasteiger partial charge in [0.2, 0.25) is 34.5 Å². The first-order chi connectivity index (χ1) is 21.3. The summed E-state index contributed by atoms with van der Waals surface area (Å²) in [7, 11) is 0. The number of rotatable bonds is 2. The summed E-state index contributed by atoms with van der Waals surface area (Å²) in [6.07, 6.45) is 0. The van der Waals surface area contributed by atoms with Gasteiger partial charge < -0.3 is 51.1 Å². The molecule has 0 bridgehead atoms. The van der Waals surface area contributed by atoms with Crippen LogP contribution in [0.4, 0.5) is 0 Å². The summed E-state index contributed by atoms with van der Waals surface area (Å²) in [5, 5.41) is 108. The van der Waals surface area contributed by atoms with E-state index >= 15 is 0 Å². The molecule has 10 nitrogen and oxygen atoms in total. The zero-order chi connectivity index (χ0) is 32.3. The maximum Gasteiger partial charge on any atom is 0.208 e. The van der Waals surface area contributed by atoms with Crippen LogP contribution < -0.4 is 0 Å². The highest BCUT2D eigenvalue weighted by Crippen LogP contribution is 2.62. The molecule has 45 heavy (non-hydrogen) atoms. The Labute approximate surface area is 254 Å². The third kappa shape index (κ3) is 3.38. The van der Waals surface area contributed by atoms with Gasteiger partial charge in [0, 0.05) is 16.5 Å². The topological polar surface area (TPSA) is 202 Å². The lowest BCUT2D eigenvalue weighted by Crippen LogP contribution is -2.14. The molecule has 0 fully saturated rings. The lowest BCUT2D eigenvalue weighted by atomic mass is 9.79. The molecule has 0 atom stereocenters. The molecule has 0 unspecified atom stereocenters. The van der Waals surface area contributed by atoms with Gasteiger partial charge in [-0.25, -0.2) is 0 Å². The standard InChI is InChI=1S/C35H26O10/c1-35(2)19-10-6-5-7-13(19)16-11-17-18(12-20(16)35)22(24-27(38)31(42)34(45)32(43)28(24)39)15-9-4-3-8-14(15)21(17)23-25(36)29(40)33(44)30(41)26(23)37/h3-12,36-45H,1-2H3. The van der Waals surface area contributed by atoms with Crippen LogP contribution in [0.15, 0.2) is 60.7 Å². The monoisotopic (exact) mass is 606 g/mol. The van der Waals surface area contributed by atoms with Gasteiger partial charge in [-0.05, 0) is 55.9 Å². The zero-order valence-corrected chi connectivity index (χ0v) is 23.7. The summed E-state index contributed by atoms with van der Waals surface area (Å²) in [6, 6.07) is 17.7. The molecule has 0 aromatic heterocycles. The molecule has 226 valence electrons. The highest BCUT2D eigenvalue weighted by Gasteiger charge is 2.38. The Hall–Kier alpha value is -6.16. The molecule has 0 aliphatic heterocycles. The number of phenolic OH excluding ortho intramolecular Hbond substituents is 10. The number of hydrogen-bond acceptors (Lipinski definition) is 10. The quantitative estimate of drug-likeness (QED) is 0.0575. The maximum absolute atomic E-state index is 11.1. The first kappa shape index (κ1) is 27.7. The molecule has 0 spiro atoms. The maximum atomic E-state index is 11.1. The van der Waals surface area contributed by atoms with Crippen molar-refractivity contribution in [3.63, 3.8) is 0 Å². The molecule has 0 amide bonds. The summed E-state index contributed by atoms with van der Waals surface area (Å²) >= 11 is 0. The average molecular weight is 607 g/mol. The molecular formula is C35H26O10. The fourth-order valence-electron chi connectivity index (χ4n) is 6.75. The van der Waals surface area contributed by atoms with Crippen LogP contribution in [0, 0.1) is 0 Å². The second-order valence-electron chi connectivity index (χ2n) is 11.6. The van der Waals surface area contributed by atoms with E-state index in [1.807, 2.05) is 38.1 Å². The molecule has 0 saturated carbocycles. The molecule has 10 N–H and O–H groups in total. The summed E-state index contributed by atoms with van der Waals surface area (Å²) in [4.78, 5) is 0. The predicted octanol–water partition coefficient (Wildman–Crippen LogP) is 6.69. The average Bonchev–Trinajstić information content (AvgIpc) is 3.26. The smallest absolute Gasteiger partial charge is 0.208 e. The molecule has 1 aliphatic carbocycles. The van der Waals surface area contributed by atoms with Crippen molar-refractivity contribution in [2.75, 3.05) is 0 Å². The van der Waals surface area contributed by atoms with E-state index in [2.05, 4.69) is 0 Å². The van der Waals surface area contributed by atoms with Crippen LogP contribution in [-0.2, 0) is 5.41 Å². The fraction of sp³-hybridized carbons (Fsp3) is 0.0857. The molecule has 0 radical (unpaired) electrons. The minimum Gasteiger partial charge on any atom is -0.504 e. The summed E-state index contributed by atoms with van der Waals surface area (Å²) in [5.41, 5.74) is 2.36. The van der Waals surface area contributed by atoms with Crippen molar-refractivity contribution in [2.24, 2.45) is 0 Å². The highest BCUT2D eigenvalue weighted by atomic mass is 16.4. The third-order valence-corrected chi connectivity index (χ3v) is 8.97. The predicted molar refractivity (Wildman–Crippen MR) is 167 cm³/mol. The van der Waals surface area contributed by atoms with Gasteiger partial charge in [-0.2, -0.15) is 0 Å². The molecule has 7 rings (SSSR count). The van der Waals surface area contributed by atoms with Crippen LogP contribution in [0.2, 0.25) is 0 Å². The van der Waals surface area contributed by atoms with E-state index in [0.29, 0.717) is 5.39 Å². The van der Waals surface area contributed by atoms with Crippen LogP contribution >= 0.6 is 0 Å². The van der Waals surface area contributed by atoms with E-state index < -0.39 is 74.0 Å². The normalized spacial score (nSPS) is 13.3. The second-order valence-corrected chi connectivity index (χ2v) is 11.6. The van der Waals surface area contributed by atoms with E-state index in [-0.39, 0.29) is 27.3 Å². The van der Waals surface area contributed by atoms with Gasteiger partial charge in [0.05, 0.1) is 11.1 Å². The first-order valence-electron chi connectivity index (χ1n) is 13.8. The van der Waals surface area contributed by atoms with Crippen molar-refractivity contribution < 1.29 is 51.1 Å². The zero-order valence-electron chi connectivity index (χ0n) is 23.7. The minimum atomic E-state index is -1.12. The molecule has 10 heteroatoms. The number of fused-ring (bicyclic) bond motifs is 5. The van der Waals surface area contributed by atoms with Crippen molar-refractivity contribution in [3.05, 3.63) is 71.8 Å². The summed E-state index contributed by atoms with van der Waals surface area (Å²) in [5.74, 6) is -10.2. The van der Waals surface area contributed by atoms with E-state index in [1.54, 1.807) is 36.4 Å². The van der Waals surface area contributed by atoms with Gasteiger partial charge in [-0.3, -0.25) is 0 Å². The Kier molecular flexibility index (Phi) is 5.49. The van der Waals surface area contributed by atoms with Crippen LogP contribution in [-0.4, -0.2) is 51.1 Å². The summed E-state index contributed by atoms with van der Waals surface area (Å²) in [6.45, 7) is 4.04. The van der Waals surface area contributed by atoms with Crippen molar-refractivity contribution >= 4 is 21.5 Å². The SMILES string of the molecule is CC1(C)c2ccccc2-c2cc3c(-c4c(O)c(O)c(O)c(O)c4O)c4ccccc4c(-c4c(O)c(O)c(O)c(O)c4O)c3cc21. The van der Waals surface area contributed by atoms with Gasteiger partial charge in [-0.15, -0.1) is 0 Å². The van der Waals surface area contributed by atoms with Crippen molar-refractivity contribution in [1.82, 2.24) is 0 Å². The van der Waals surface area contributed by atoms with Crippen molar-refractivity contribution in [2.45, 2.75) is 19.3 Å². The first-order valence-corrected chi connectivity index (χ1v) is 13.8. The Morgan fingerprint density at radius 1 is 0.356 bits per heavy atom. The Morgan fingerprint density at radius 2 is 0.733 bits per heavy atom. The lowest BCUT2D eigenvalue weighted by molar-refractivity contribution is 0.330. The van der Waals surface area contributed by atoms with Gasteiger partial charge in [0.15, 0.2) is 23.0 Å². The Balaban J connectivity index is 1.79. The molecule has 0 saturated heterocycles. The van der Waals surface area contributed by atoms with E-state index in [1.165, 1.54) is 0 Å². The lowest BCUT2D eigenvalue weighted by Gasteiger charge is -2.24.